The Morgan fingerprint density at radius 3 is 2.90 bits per heavy atom. The van der Waals surface area contributed by atoms with Crippen molar-refractivity contribution in [3.8, 4) is 0 Å². The molecular weight excluding hydrogens is 280 g/mol. The molecule has 0 spiro atoms. The zero-order valence-electron chi connectivity index (χ0n) is 11.1. The SMILES string of the molecule is Cc1cn2c(CNc3cccc(F)c3F)c(C)nc2s1. The summed E-state index contributed by atoms with van der Waals surface area (Å²) < 4.78 is 28.7. The second-order valence-electron chi connectivity index (χ2n) is 4.59. The standard InChI is InChI=1S/C14H13F2N3S/c1-8-7-19-12(9(2)18-14(19)20-8)6-17-11-5-3-4-10(15)13(11)16/h3-5,7,17H,6H2,1-2H3. The van der Waals surface area contributed by atoms with Crippen LogP contribution in [-0.4, -0.2) is 9.38 Å². The lowest BCUT2D eigenvalue weighted by atomic mass is 10.2. The van der Waals surface area contributed by atoms with E-state index in [1.807, 2.05) is 24.4 Å². The van der Waals surface area contributed by atoms with Gasteiger partial charge in [0.05, 0.1) is 23.6 Å². The van der Waals surface area contributed by atoms with Crippen LogP contribution in [0, 0.1) is 25.5 Å². The molecule has 0 saturated heterocycles. The van der Waals surface area contributed by atoms with Crippen LogP contribution >= 0.6 is 11.3 Å². The van der Waals surface area contributed by atoms with E-state index in [0.29, 0.717) is 6.54 Å². The van der Waals surface area contributed by atoms with E-state index in [1.165, 1.54) is 12.1 Å². The van der Waals surface area contributed by atoms with Crippen molar-refractivity contribution in [1.29, 1.82) is 0 Å². The number of rotatable bonds is 3. The van der Waals surface area contributed by atoms with Crippen LogP contribution in [0.4, 0.5) is 14.5 Å². The van der Waals surface area contributed by atoms with Crippen molar-refractivity contribution in [2.45, 2.75) is 20.4 Å². The van der Waals surface area contributed by atoms with Crippen LogP contribution in [0.25, 0.3) is 4.96 Å². The van der Waals surface area contributed by atoms with E-state index in [2.05, 4.69) is 10.3 Å². The molecule has 0 aliphatic heterocycles. The summed E-state index contributed by atoms with van der Waals surface area (Å²) in [5.41, 5.74) is 2.00. The van der Waals surface area contributed by atoms with E-state index < -0.39 is 11.6 Å². The van der Waals surface area contributed by atoms with E-state index in [0.717, 1.165) is 27.3 Å². The summed E-state index contributed by atoms with van der Waals surface area (Å²) >= 11 is 1.60. The zero-order valence-corrected chi connectivity index (χ0v) is 11.9. The number of hydrogen-bond acceptors (Lipinski definition) is 3. The van der Waals surface area contributed by atoms with Crippen LogP contribution in [0.3, 0.4) is 0 Å². The number of fused-ring (bicyclic) bond motifs is 1. The van der Waals surface area contributed by atoms with Crippen molar-refractivity contribution in [3.05, 3.63) is 52.3 Å². The van der Waals surface area contributed by atoms with E-state index >= 15 is 0 Å². The summed E-state index contributed by atoms with van der Waals surface area (Å²) in [5.74, 6) is -1.70. The first-order valence-corrected chi connectivity index (χ1v) is 7.00. The van der Waals surface area contributed by atoms with E-state index in [9.17, 15) is 8.78 Å². The molecular formula is C14H13F2N3S. The van der Waals surface area contributed by atoms with E-state index in [1.54, 1.807) is 11.3 Å². The number of anilines is 1. The van der Waals surface area contributed by atoms with Crippen molar-refractivity contribution in [2.24, 2.45) is 0 Å². The Bertz CT molecular complexity index is 776. The fraction of sp³-hybridized carbons (Fsp3) is 0.214. The molecule has 3 aromatic rings. The summed E-state index contributed by atoms with van der Waals surface area (Å²) in [4.78, 5) is 6.53. The number of nitrogens with zero attached hydrogens (tertiary/aromatic N) is 2. The minimum absolute atomic E-state index is 0.159. The van der Waals surface area contributed by atoms with Gasteiger partial charge in [-0.2, -0.15) is 0 Å². The number of thiazole rings is 1. The molecule has 20 heavy (non-hydrogen) atoms. The average Bonchev–Trinajstić information content (AvgIpc) is 2.87. The molecule has 6 heteroatoms. The Labute approximate surface area is 118 Å². The van der Waals surface area contributed by atoms with Crippen LogP contribution in [-0.2, 0) is 6.54 Å². The van der Waals surface area contributed by atoms with Crippen LogP contribution in [0.15, 0.2) is 24.4 Å². The van der Waals surface area contributed by atoms with Crippen LogP contribution in [0.5, 0.6) is 0 Å². The molecule has 0 atom stereocenters. The first kappa shape index (κ1) is 13.1. The maximum atomic E-state index is 13.6. The van der Waals surface area contributed by atoms with Gasteiger partial charge in [0.25, 0.3) is 0 Å². The minimum Gasteiger partial charge on any atom is -0.377 e. The van der Waals surface area contributed by atoms with Gasteiger partial charge in [0, 0.05) is 11.1 Å². The Balaban J connectivity index is 1.90. The van der Waals surface area contributed by atoms with Gasteiger partial charge in [0.15, 0.2) is 16.6 Å². The molecule has 104 valence electrons. The Kier molecular flexibility index (Phi) is 3.17. The van der Waals surface area contributed by atoms with Gasteiger partial charge in [-0.15, -0.1) is 11.3 Å². The first-order valence-electron chi connectivity index (χ1n) is 6.18. The Hall–Kier alpha value is -1.95. The molecule has 3 rings (SSSR count). The number of aromatic nitrogens is 2. The third-order valence-electron chi connectivity index (χ3n) is 3.14. The van der Waals surface area contributed by atoms with Gasteiger partial charge in [-0.25, -0.2) is 13.8 Å². The van der Waals surface area contributed by atoms with Crippen molar-refractivity contribution >= 4 is 22.0 Å². The highest BCUT2D eigenvalue weighted by Crippen LogP contribution is 2.22. The largest absolute Gasteiger partial charge is 0.377 e. The number of halogens is 2. The predicted molar refractivity (Wildman–Crippen MR) is 76.2 cm³/mol. The maximum absolute atomic E-state index is 13.6. The molecule has 1 aromatic carbocycles. The molecule has 0 radical (unpaired) electrons. The molecule has 0 saturated carbocycles. The fourth-order valence-corrected chi connectivity index (χ4v) is 3.03. The molecule has 0 aliphatic rings. The summed E-state index contributed by atoms with van der Waals surface area (Å²) in [6.45, 7) is 4.32. The van der Waals surface area contributed by atoms with Gasteiger partial charge in [-0.3, -0.25) is 4.40 Å². The van der Waals surface area contributed by atoms with Gasteiger partial charge in [-0.1, -0.05) is 6.07 Å². The lowest BCUT2D eigenvalue weighted by Gasteiger charge is -2.08. The topological polar surface area (TPSA) is 29.3 Å². The molecule has 0 aliphatic carbocycles. The third-order valence-corrected chi connectivity index (χ3v) is 4.04. The molecule has 0 fully saturated rings. The highest BCUT2D eigenvalue weighted by molar-refractivity contribution is 7.17. The fourth-order valence-electron chi connectivity index (χ4n) is 2.14. The number of imidazole rings is 1. The second kappa shape index (κ2) is 4.86. The lowest BCUT2D eigenvalue weighted by molar-refractivity contribution is 0.511. The Morgan fingerprint density at radius 1 is 1.30 bits per heavy atom. The predicted octanol–water partition coefficient (Wildman–Crippen LogP) is 3.90. The molecule has 0 amide bonds. The van der Waals surface area contributed by atoms with Gasteiger partial charge >= 0.3 is 0 Å². The van der Waals surface area contributed by atoms with Gasteiger partial charge in [0.2, 0.25) is 0 Å². The van der Waals surface area contributed by atoms with Gasteiger partial charge in [0.1, 0.15) is 0 Å². The van der Waals surface area contributed by atoms with E-state index in [4.69, 9.17) is 0 Å². The molecule has 3 nitrogen and oxygen atoms in total. The summed E-state index contributed by atoms with van der Waals surface area (Å²) in [7, 11) is 0. The maximum Gasteiger partial charge on any atom is 0.194 e. The summed E-state index contributed by atoms with van der Waals surface area (Å²) in [5, 5.41) is 2.93. The highest BCUT2D eigenvalue weighted by Gasteiger charge is 2.12. The highest BCUT2D eigenvalue weighted by atomic mass is 32.1. The van der Waals surface area contributed by atoms with Crippen molar-refractivity contribution < 1.29 is 8.78 Å². The number of hydrogen-bond donors (Lipinski definition) is 1. The monoisotopic (exact) mass is 293 g/mol. The van der Waals surface area contributed by atoms with Crippen LogP contribution in [0.2, 0.25) is 0 Å². The molecule has 0 bridgehead atoms. The molecule has 2 aromatic heterocycles. The van der Waals surface area contributed by atoms with Gasteiger partial charge in [-0.05, 0) is 26.0 Å². The molecule has 2 heterocycles. The minimum atomic E-state index is -0.854. The first-order chi connectivity index (χ1) is 9.56. The average molecular weight is 293 g/mol. The summed E-state index contributed by atoms with van der Waals surface area (Å²) in [6.07, 6.45) is 2.00. The lowest BCUT2D eigenvalue weighted by Crippen LogP contribution is -2.05. The zero-order chi connectivity index (χ0) is 14.3. The second-order valence-corrected chi connectivity index (χ2v) is 5.81. The smallest absolute Gasteiger partial charge is 0.194 e. The third kappa shape index (κ3) is 2.16. The van der Waals surface area contributed by atoms with Crippen LogP contribution < -0.4 is 5.32 Å². The Morgan fingerprint density at radius 2 is 2.10 bits per heavy atom. The number of nitrogens with one attached hydrogen (secondary N) is 1. The quantitative estimate of drug-likeness (QED) is 0.793. The number of benzene rings is 1. The number of aryl methyl sites for hydroxylation is 2. The van der Waals surface area contributed by atoms with Gasteiger partial charge < -0.3 is 5.32 Å². The van der Waals surface area contributed by atoms with Crippen molar-refractivity contribution in [3.63, 3.8) is 0 Å². The van der Waals surface area contributed by atoms with E-state index in [-0.39, 0.29) is 5.69 Å². The molecule has 0 unspecified atom stereocenters. The van der Waals surface area contributed by atoms with Crippen LogP contribution in [0.1, 0.15) is 16.3 Å². The normalized spacial score (nSPS) is 11.2. The van der Waals surface area contributed by atoms with Crippen molar-refractivity contribution in [2.75, 3.05) is 5.32 Å². The van der Waals surface area contributed by atoms with Crippen molar-refractivity contribution in [1.82, 2.24) is 9.38 Å². The molecule has 1 N–H and O–H groups in total. The summed E-state index contributed by atoms with van der Waals surface area (Å²) in [6, 6.07) is 4.10.